The Hall–Kier alpha value is -4.01. The van der Waals surface area contributed by atoms with Crippen molar-refractivity contribution in [2.75, 3.05) is 11.9 Å². The molecule has 7 nitrogen and oxygen atoms in total. The topological polar surface area (TPSA) is 87.8 Å². The van der Waals surface area contributed by atoms with Gasteiger partial charge < -0.3 is 10.0 Å². The number of benzene rings is 4. The molecule has 10 heteroatoms. The first-order valence-corrected chi connectivity index (χ1v) is 13.6. The first-order chi connectivity index (χ1) is 19.7. The van der Waals surface area contributed by atoms with E-state index in [0.717, 1.165) is 0 Å². The molecule has 2 heterocycles. The lowest BCUT2D eigenvalue weighted by Crippen LogP contribution is -2.34. The molecule has 1 aromatic heterocycles. The van der Waals surface area contributed by atoms with Crippen molar-refractivity contribution in [2.45, 2.75) is 13.2 Å². The fraction of sp³-hybridized carbons (Fsp3) is 0.0968. The Labute approximate surface area is 250 Å². The zero-order valence-corrected chi connectivity index (χ0v) is 24.2. The maximum absolute atomic E-state index is 12.6. The molecule has 41 heavy (non-hydrogen) atoms. The Morgan fingerprint density at radius 1 is 0.780 bits per heavy atom. The standard InChI is InChI=1S/C16H12Cl2N2O2.C15H11ClN2O/c1-20-13-7-6-9(17)8-11(13)14(19-15(21)16(20)22)10-4-2-3-5-12(10)18;1-10-17-13-8-4-2-6-11(13)15(19)18(10)14-9-5-3-7-12(14)16/h2-8,15,21H,1H3;2-9H,1H3. The number of anilines is 1. The predicted molar refractivity (Wildman–Crippen MR) is 165 cm³/mol. The first kappa shape index (κ1) is 28.5. The summed E-state index contributed by atoms with van der Waals surface area (Å²) >= 11 is 18.5. The van der Waals surface area contributed by atoms with E-state index in [1.54, 1.807) is 67.1 Å². The van der Waals surface area contributed by atoms with Crippen LogP contribution in [-0.4, -0.2) is 39.6 Å². The number of halogens is 3. The third-order valence-corrected chi connectivity index (χ3v) is 7.43. The molecule has 0 saturated carbocycles. The van der Waals surface area contributed by atoms with Gasteiger partial charge in [-0.25, -0.2) is 9.98 Å². The number of likely N-dealkylation sites (N-methyl/N-ethyl adjacent to an activating group) is 1. The van der Waals surface area contributed by atoms with Gasteiger partial charge in [0.05, 0.1) is 33.0 Å². The van der Waals surface area contributed by atoms with Crippen molar-refractivity contribution in [1.29, 1.82) is 0 Å². The summed E-state index contributed by atoms with van der Waals surface area (Å²) in [5, 5.41) is 12.2. The summed E-state index contributed by atoms with van der Waals surface area (Å²) in [5.41, 5.74) is 3.59. The number of aliphatic hydroxyl groups excluding tert-OH is 1. The number of hydrogen-bond acceptors (Lipinski definition) is 5. The molecule has 0 spiro atoms. The van der Waals surface area contributed by atoms with E-state index in [0.29, 0.717) is 60.0 Å². The summed E-state index contributed by atoms with van der Waals surface area (Å²) in [7, 11) is 1.59. The third-order valence-electron chi connectivity index (χ3n) is 6.54. The molecule has 0 saturated heterocycles. The number of hydrogen-bond donors (Lipinski definition) is 1. The summed E-state index contributed by atoms with van der Waals surface area (Å²) in [6.45, 7) is 1.80. The van der Waals surface area contributed by atoms with E-state index in [2.05, 4.69) is 9.98 Å². The van der Waals surface area contributed by atoms with E-state index in [1.807, 2.05) is 42.5 Å². The number of aliphatic imine (C=N–C) groups is 1. The number of nitrogens with zero attached hydrogens (tertiary/aromatic N) is 4. The van der Waals surface area contributed by atoms with Crippen LogP contribution < -0.4 is 10.5 Å². The third kappa shape index (κ3) is 5.62. The van der Waals surface area contributed by atoms with Crippen LogP contribution in [-0.2, 0) is 4.79 Å². The van der Waals surface area contributed by atoms with Gasteiger partial charge in [-0.3, -0.25) is 14.2 Å². The smallest absolute Gasteiger partial charge is 0.278 e. The van der Waals surface area contributed by atoms with Crippen LogP contribution in [0.15, 0.2) is 101 Å². The molecule has 0 fully saturated rings. The Bertz CT molecular complexity index is 1890. The van der Waals surface area contributed by atoms with E-state index < -0.39 is 12.1 Å². The van der Waals surface area contributed by atoms with E-state index in [1.165, 1.54) is 4.90 Å². The van der Waals surface area contributed by atoms with Gasteiger partial charge in [-0.1, -0.05) is 77.3 Å². The van der Waals surface area contributed by atoms with Gasteiger partial charge in [0.2, 0.25) is 6.23 Å². The maximum Gasteiger partial charge on any atom is 0.278 e. The molecule has 1 aliphatic heterocycles. The molecule has 6 rings (SSSR count). The fourth-order valence-corrected chi connectivity index (χ4v) is 5.18. The summed E-state index contributed by atoms with van der Waals surface area (Å²) in [4.78, 5) is 34.7. The lowest BCUT2D eigenvalue weighted by atomic mass is 10.0. The van der Waals surface area contributed by atoms with Crippen molar-refractivity contribution in [2.24, 2.45) is 4.99 Å². The molecular weight excluding hydrogens is 583 g/mol. The maximum atomic E-state index is 12.6. The lowest BCUT2D eigenvalue weighted by molar-refractivity contribution is -0.125. The first-order valence-electron chi connectivity index (χ1n) is 12.5. The van der Waals surface area contributed by atoms with Crippen LogP contribution in [0.2, 0.25) is 15.1 Å². The second kappa shape index (κ2) is 11.8. The molecule has 1 atom stereocenters. The normalized spacial score (nSPS) is 14.6. The van der Waals surface area contributed by atoms with Gasteiger partial charge in [-0.2, -0.15) is 0 Å². The van der Waals surface area contributed by atoms with Crippen molar-refractivity contribution in [3.63, 3.8) is 0 Å². The van der Waals surface area contributed by atoms with E-state index >= 15 is 0 Å². The van der Waals surface area contributed by atoms with Crippen molar-refractivity contribution >= 4 is 63.0 Å². The molecule has 1 N–H and O–H groups in total. The summed E-state index contributed by atoms with van der Waals surface area (Å²) in [6, 6.07) is 26.8. The average Bonchev–Trinajstić information content (AvgIpc) is 3.05. The number of para-hydroxylation sites is 2. The van der Waals surface area contributed by atoms with Crippen molar-refractivity contribution in [1.82, 2.24) is 9.55 Å². The lowest BCUT2D eigenvalue weighted by Gasteiger charge is -2.18. The SMILES string of the molecule is CN1C(=O)C(O)N=C(c2ccccc2Cl)c2cc(Cl)ccc21.Cc1nc2ccccc2c(=O)n1-c1ccccc1Cl. The summed E-state index contributed by atoms with van der Waals surface area (Å²) < 4.78 is 1.55. The van der Waals surface area contributed by atoms with Crippen LogP contribution in [0, 0.1) is 6.92 Å². The Kier molecular flexibility index (Phi) is 8.24. The van der Waals surface area contributed by atoms with Crippen molar-refractivity contribution in [3.05, 3.63) is 133 Å². The molecule has 4 aromatic carbocycles. The van der Waals surface area contributed by atoms with E-state index in [-0.39, 0.29) is 5.56 Å². The van der Waals surface area contributed by atoms with Crippen molar-refractivity contribution in [3.8, 4) is 5.69 Å². The second-order valence-corrected chi connectivity index (χ2v) is 10.4. The molecule has 5 aromatic rings. The Morgan fingerprint density at radius 2 is 1.44 bits per heavy atom. The molecule has 1 aliphatic rings. The van der Waals surface area contributed by atoms with Gasteiger partial charge in [0.1, 0.15) is 5.82 Å². The quantitative estimate of drug-likeness (QED) is 0.250. The number of aromatic nitrogens is 2. The van der Waals surface area contributed by atoms with Gasteiger partial charge in [-0.05, 0) is 55.5 Å². The summed E-state index contributed by atoms with van der Waals surface area (Å²) in [5.74, 6) is 0.113. The summed E-state index contributed by atoms with van der Waals surface area (Å²) in [6.07, 6.45) is -1.48. The number of rotatable bonds is 2. The van der Waals surface area contributed by atoms with Gasteiger partial charge >= 0.3 is 0 Å². The van der Waals surface area contributed by atoms with E-state index in [9.17, 15) is 14.7 Å². The molecule has 0 radical (unpaired) electrons. The highest BCUT2D eigenvalue weighted by atomic mass is 35.5. The zero-order chi connectivity index (χ0) is 29.3. The number of fused-ring (bicyclic) bond motifs is 2. The molecule has 0 aliphatic carbocycles. The molecule has 1 amide bonds. The molecular formula is C31H23Cl3N4O3. The second-order valence-electron chi connectivity index (χ2n) is 9.16. The van der Waals surface area contributed by atoms with E-state index in [4.69, 9.17) is 34.8 Å². The molecule has 0 bridgehead atoms. The molecule has 206 valence electrons. The van der Waals surface area contributed by atoms with Crippen molar-refractivity contribution < 1.29 is 9.90 Å². The van der Waals surface area contributed by atoms with Crippen LogP contribution in [0.1, 0.15) is 17.0 Å². The Balaban J connectivity index is 0.000000166. The van der Waals surface area contributed by atoms with Crippen LogP contribution in [0.25, 0.3) is 16.6 Å². The van der Waals surface area contributed by atoms with Crippen LogP contribution in [0.5, 0.6) is 0 Å². The minimum Gasteiger partial charge on any atom is -0.364 e. The van der Waals surface area contributed by atoms with Crippen LogP contribution in [0.4, 0.5) is 5.69 Å². The van der Waals surface area contributed by atoms with Gasteiger partial charge in [0.15, 0.2) is 0 Å². The van der Waals surface area contributed by atoms with Gasteiger partial charge in [0, 0.05) is 28.2 Å². The minimum absolute atomic E-state index is 0.101. The number of amides is 1. The van der Waals surface area contributed by atoms with Gasteiger partial charge in [-0.15, -0.1) is 0 Å². The highest BCUT2D eigenvalue weighted by molar-refractivity contribution is 6.37. The highest BCUT2D eigenvalue weighted by Gasteiger charge is 2.29. The monoisotopic (exact) mass is 604 g/mol. The van der Waals surface area contributed by atoms with Crippen LogP contribution >= 0.6 is 34.8 Å². The largest absolute Gasteiger partial charge is 0.364 e. The molecule has 1 unspecified atom stereocenters. The average molecular weight is 606 g/mol. The number of aliphatic hydroxyl groups is 1. The Morgan fingerprint density at radius 3 is 2.17 bits per heavy atom. The number of carbonyl (C=O) groups is 1. The number of aryl methyl sites for hydroxylation is 1. The predicted octanol–water partition coefficient (Wildman–Crippen LogP) is 6.47. The highest BCUT2D eigenvalue weighted by Crippen LogP contribution is 2.31. The minimum atomic E-state index is -1.48. The number of carbonyl (C=O) groups excluding carboxylic acids is 1. The zero-order valence-electron chi connectivity index (χ0n) is 21.9. The van der Waals surface area contributed by atoms with Gasteiger partial charge in [0.25, 0.3) is 11.5 Å². The van der Waals surface area contributed by atoms with Crippen LogP contribution in [0.3, 0.4) is 0 Å². The fourth-order valence-electron chi connectivity index (χ4n) is 4.56. The number of benzodiazepines with no additional fused rings is 1.